The van der Waals surface area contributed by atoms with E-state index in [2.05, 4.69) is 174 Å². The van der Waals surface area contributed by atoms with Crippen molar-refractivity contribution in [2.75, 3.05) is 0 Å². The summed E-state index contributed by atoms with van der Waals surface area (Å²) in [4.78, 5) is 15.4. The van der Waals surface area contributed by atoms with Crippen molar-refractivity contribution in [1.82, 2.24) is 19.4 Å². The first-order valence-corrected chi connectivity index (χ1v) is 18.1. The number of hydrogen-bond acceptors (Lipinski definition) is 4. The van der Waals surface area contributed by atoms with Gasteiger partial charge in [-0.05, 0) is 62.5 Å². The maximum Gasteiger partial charge on any atom is 0.213 e. The van der Waals surface area contributed by atoms with Crippen LogP contribution in [0.3, 0.4) is 0 Å². The van der Waals surface area contributed by atoms with Crippen molar-refractivity contribution in [2.24, 2.45) is 0 Å². The van der Waals surface area contributed by atoms with Gasteiger partial charge in [-0.15, -0.1) is 0 Å². The number of hydrogen-bond donors (Lipinski definition) is 0. The smallest absolute Gasteiger partial charge is 0.213 e. The average Bonchev–Trinajstić information content (AvgIpc) is 3.78. The summed E-state index contributed by atoms with van der Waals surface area (Å²) in [5.41, 5.74) is 11.2. The number of benzene rings is 8. The molecule has 0 aliphatic rings. The Hall–Kier alpha value is -7.37. The highest BCUT2D eigenvalue weighted by molar-refractivity contribution is 6.07. The van der Waals surface area contributed by atoms with Crippen LogP contribution in [0.15, 0.2) is 186 Å². The van der Waals surface area contributed by atoms with Gasteiger partial charge in [0.05, 0.1) is 16.6 Å². The molecule has 0 fully saturated rings. The van der Waals surface area contributed by atoms with Gasteiger partial charge in [-0.1, -0.05) is 158 Å². The number of nitrogens with zero attached hydrogens (tertiary/aromatic N) is 4. The lowest BCUT2D eigenvalue weighted by molar-refractivity contribution is 0.658. The number of rotatable bonds is 5. The van der Waals surface area contributed by atoms with E-state index >= 15 is 0 Å². The van der Waals surface area contributed by atoms with Gasteiger partial charge < -0.3 is 4.42 Å². The second-order valence-electron chi connectivity index (χ2n) is 13.6. The van der Waals surface area contributed by atoms with E-state index in [1.807, 2.05) is 12.1 Å². The Bertz CT molecular complexity index is 3120. The van der Waals surface area contributed by atoms with E-state index in [1.165, 1.54) is 0 Å². The molecule has 0 bridgehead atoms. The summed E-state index contributed by atoms with van der Waals surface area (Å²) in [7, 11) is 0. The Kier molecular flexibility index (Phi) is 6.79. The van der Waals surface area contributed by atoms with Crippen LogP contribution in [-0.2, 0) is 0 Å². The van der Waals surface area contributed by atoms with Gasteiger partial charge in [0, 0.05) is 22.1 Å². The number of para-hydroxylation sites is 3. The molecule has 11 aromatic rings. The molecule has 0 saturated carbocycles. The van der Waals surface area contributed by atoms with Gasteiger partial charge in [0.2, 0.25) is 5.71 Å². The summed E-state index contributed by atoms with van der Waals surface area (Å²) in [6.07, 6.45) is 0. The fourth-order valence-electron chi connectivity index (χ4n) is 7.92. The molecule has 0 aliphatic carbocycles. The maximum absolute atomic E-state index is 6.48. The van der Waals surface area contributed by atoms with Crippen molar-refractivity contribution < 1.29 is 4.42 Å². The van der Waals surface area contributed by atoms with E-state index in [9.17, 15) is 0 Å². The third-order valence-corrected chi connectivity index (χ3v) is 10.5. The zero-order chi connectivity index (χ0) is 35.6. The second kappa shape index (κ2) is 12.1. The topological polar surface area (TPSA) is 56.2 Å². The van der Waals surface area contributed by atoms with Gasteiger partial charge >= 0.3 is 0 Å². The fourth-order valence-corrected chi connectivity index (χ4v) is 7.92. The first-order chi connectivity index (χ1) is 26.8. The van der Waals surface area contributed by atoms with Crippen LogP contribution >= 0.6 is 0 Å². The largest absolute Gasteiger partial charge is 0.438 e. The highest BCUT2D eigenvalue weighted by atomic mass is 16.3. The zero-order valence-corrected chi connectivity index (χ0v) is 29.0. The van der Waals surface area contributed by atoms with Crippen LogP contribution in [0.5, 0.6) is 0 Å². The molecule has 8 aromatic carbocycles. The standard InChI is InChI=1S/C49H30N4O/c1-3-18-37-32(12-1)14-10-21-39(37)47-50-46(51-48(52-47)40-22-11-15-33-13-2-4-19-38(33)40)36-17-9-16-35(30-36)31-26-28-34(29-27-31)45-41-20-5-6-23-42(41)53-43-24-7-8-25-44(43)54-49(45)53/h1-30H. The molecule has 5 heteroatoms. The van der Waals surface area contributed by atoms with E-state index < -0.39 is 0 Å². The lowest BCUT2D eigenvalue weighted by Crippen LogP contribution is -2.01. The first-order valence-electron chi connectivity index (χ1n) is 18.1. The molecule has 0 radical (unpaired) electrons. The Balaban J connectivity index is 1.04. The molecule has 54 heavy (non-hydrogen) atoms. The highest BCUT2D eigenvalue weighted by Gasteiger charge is 2.20. The molecule has 3 aromatic heterocycles. The minimum Gasteiger partial charge on any atom is -0.438 e. The predicted octanol–water partition coefficient (Wildman–Crippen LogP) is 12.7. The van der Waals surface area contributed by atoms with Gasteiger partial charge in [-0.2, -0.15) is 0 Å². The molecule has 3 heterocycles. The van der Waals surface area contributed by atoms with Crippen molar-refractivity contribution in [3.8, 4) is 56.4 Å². The van der Waals surface area contributed by atoms with Crippen LogP contribution in [0, 0.1) is 0 Å². The van der Waals surface area contributed by atoms with E-state index in [1.54, 1.807) is 0 Å². The van der Waals surface area contributed by atoms with E-state index in [-0.39, 0.29) is 0 Å². The Morgan fingerprint density at radius 3 is 1.59 bits per heavy atom. The molecule has 0 amide bonds. The maximum atomic E-state index is 6.48. The molecule has 0 unspecified atom stereocenters. The van der Waals surface area contributed by atoms with Crippen molar-refractivity contribution in [3.05, 3.63) is 182 Å². The van der Waals surface area contributed by atoms with Gasteiger partial charge in [0.15, 0.2) is 23.1 Å². The SMILES string of the molecule is c1cc(-c2ccc(-c3c4ccccc4n4c3oc3ccccc34)cc2)cc(-c2nc(-c3cccc4ccccc34)nc(-c3cccc4ccccc34)n2)c1. The molecule has 0 N–H and O–H groups in total. The van der Waals surface area contributed by atoms with Crippen LogP contribution in [0.25, 0.3) is 106 Å². The molecule has 252 valence electrons. The van der Waals surface area contributed by atoms with Gasteiger partial charge in [-0.25, -0.2) is 15.0 Å². The molecule has 5 nitrogen and oxygen atoms in total. The van der Waals surface area contributed by atoms with Gasteiger partial charge in [0.1, 0.15) is 0 Å². The highest BCUT2D eigenvalue weighted by Crippen LogP contribution is 2.40. The summed E-state index contributed by atoms with van der Waals surface area (Å²) in [5.74, 6) is 1.92. The minimum absolute atomic E-state index is 0.627. The molecule has 0 aliphatic heterocycles. The molecule has 0 saturated heterocycles. The van der Waals surface area contributed by atoms with Crippen LogP contribution in [0.1, 0.15) is 0 Å². The summed E-state index contributed by atoms with van der Waals surface area (Å²) >= 11 is 0. The molecular weight excluding hydrogens is 661 g/mol. The summed E-state index contributed by atoms with van der Waals surface area (Å²) in [5, 5.41) is 5.65. The summed E-state index contributed by atoms with van der Waals surface area (Å²) in [6.45, 7) is 0. The lowest BCUT2D eigenvalue weighted by atomic mass is 9.98. The molecule has 0 spiro atoms. The Morgan fingerprint density at radius 1 is 0.370 bits per heavy atom. The number of fused-ring (bicyclic) bond motifs is 7. The van der Waals surface area contributed by atoms with Crippen molar-refractivity contribution in [2.45, 2.75) is 0 Å². The molecule has 11 rings (SSSR count). The predicted molar refractivity (Wildman–Crippen MR) is 220 cm³/mol. The lowest BCUT2D eigenvalue weighted by Gasteiger charge is -2.12. The van der Waals surface area contributed by atoms with E-state index in [0.717, 1.165) is 88.2 Å². The summed E-state index contributed by atoms with van der Waals surface area (Å²) < 4.78 is 8.70. The molecular formula is C49H30N4O. The number of aromatic nitrogens is 4. The summed E-state index contributed by atoms with van der Waals surface area (Å²) in [6, 6.07) is 63.3. The Morgan fingerprint density at radius 2 is 0.889 bits per heavy atom. The fraction of sp³-hybridized carbons (Fsp3) is 0. The quantitative estimate of drug-likeness (QED) is 0.180. The minimum atomic E-state index is 0.627. The van der Waals surface area contributed by atoms with Crippen LogP contribution < -0.4 is 0 Å². The third-order valence-electron chi connectivity index (χ3n) is 10.5. The second-order valence-corrected chi connectivity index (χ2v) is 13.6. The monoisotopic (exact) mass is 690 g/mol. The van der Waals surface area contributed by atoms with Crippen LogP contribution in [-0.4, -0.2) is 19.4 Å². The van der Waals surface area contributed by atoms with Gasteiger partial charge in [0.25, 0.3) is 0 Å². The number of oxazole rings is 1. The van der Waals surface area contributed by atoms with Crippen molar-refractivity contribution in [1.29, 1.82) is 0 Å². The zero-order valence-electron chi connectivity index (χ0n) is 29.0. The Labute approximate surface area is 310 Å². The molecule has 0 atom stereocenters. The van der Waals surface area contributed by atoms with Crippen molar-refractivity contribution in [3.63, 3.8) is 0 Å². The van der Waals surface area contributed by atoms with Crippen LogP contribution in [0.2, 0.25) is 0 Å². The van der Waals surface area contributed by atoms with Gasteiger partial charge in [-0.3, -0.25) is 4.40 Å². The van der Waals surface area contributed by atoms with E-state index in [4.69, 9.17) is 19.4 Å². The average molecular weight is 691 g/mol. The first kappa shape index (κ1) is 30.3. The van der Waals surface area contributed by atoms with E-state index in [0.29, 0.717) is 17.5 Å². The third kappa shape index (κ3) is 4.83. The van der Waals surface area contributed by atoms with Crippen LogP contribution in [0.4, 0.5) is 0 Å². The van der Waals surface area contributed by atoms with Crippen molar-refractivity contribution >= 4 is 49.3 Å². The normalized spacial score (nSPS) is 11.7.